The number of hydrogen-bond donors (Lipinski definition) is 0. The average Bonchev–Trinajstić information content (AvgIpc) is 2.27. The molecule has 1 heterocycles. The number of pyridine rings is 1. The second kappa shape index (κ2) is 5.16. The summed E-state index contributed by atoms with van der Waals surface area (Å²) in [4.78, 5) is 13.4. The lowest BCUT2D eigenvalue weighted by Crippen LogP contribution is -2.04. The van der Waals surface area contributed by atoms with E-state index in [1.165, 1.54) is 0 Å². The second-order valence-electron chi connectivity index (χ2n) is 2.93. The van der Waals surface area contributed by atoms with E-state index in [1.54, 1.807) is 6.07 Å². The number of halogens is 2. The van der Waals surface area contributed by atoms with Gasteiger partial charge < -0.3 is 4.74 Å². The first-order valence-electron chi connectivity index (χ1n) is 4.38. The molecule has 0 radical (unpaired) electrons. The van der Waals surface area contributed by atoms with E-state index >= 15 is 0 Å². The smallest absolute Gasteiger partial charge is 0.333 e. The van der Waals surface area contributed by atoms with Crippen molar-refractivity contribution in [2.75, 3.05) is 7.11 Å². The van der Waals surface area contributed by atoms with Crippen LogP contribution in [0.25, 0.3) is 0 Å². The maximum atomic E-state index is 12.6. The minimum absolute atomic E-state index is 0.196. The SMILES string of the molecule is COc1c(C(F)F)cnc(CC#N)c1[N+](=O)[O-]. The van der Waals surface area contributed by atoms with Gasteiger partial charge in [0.1, 0.15) is 5.69 Å². The van der Waals surface area contributed by atoms with Gasteiger partial charge in [0.05, 0.1) is 30.1 Å². The maximum absolute atomic E-state index is 12.6. The number of ether oxygens (including phenoxy) is 1. The van der Waals surface area contributed by atoms with Crippen molar-refractivity contribution >= 4 is 5.69 Å². The van der Waals surface area contributed by atoms with Crippen LogP contribution in [0.1, 0.15) is 17.7 Å². The van der Waals surface area contributed by atoms with Gasteiger partial charge in [-0.15, -0.1) is 0 Å². The lowest BCUT2D eigenvalue weighted by Gasteiger charge is -2.09. The Labute approximate surface area is 94.6 Å². The number of alkyl halides is 2. The third-order valence-corrected chi connectivity index (χ3v) is 1.98. The van der Waals surface area contributed by atoms with E-state index < -0.39 is 28.3 Å². The molecule has 0 unspecified atom stereocenters. The Morgan fingerprint density at radius 2 is 2.35 bits per heavy atom. The summed E-state index contributed by atoms with van der Waals surface area (Å²) in [5.41, 5.74) is -1.55. The van der Waals surface area contributed by atoms with Crippen molar-refractivity contribution < 1.29 is 18.4 Å². The van der Waals surface area contributed by atoms with Crippen LogP contribution in [0.4, 0.5) is 14.5 Å². The van der Waals surface area contributed by atoms with E-state index in [2.05, 4.69) is 9.72 Å². The van der Waals surface area contributed by atoms with Crippen LogP contribution >= 0.6 is 0 Å². The molecule has 0 aliphatic carbocycles. The normalized spacial score (nSPS) is 10.1. The fourth-order valence-electron chi connectivity index (χ4n) is 1.30. The zero-order valence-corrected chi connectivity index (χ0v) is 8.68. The molecule has 1 aromatic rings. The highest BCUT2D eigenvalue weighted by atomic mass is 19.3. The standard InChI is InChI=1S/C9H7F2N3O3/c1-17-8-5(9(10)11)4-13-6(2-3-12)7(8)14(15)16/h4,9H,2H2,1H3. The summed E-state index contributed by atoms with van der Waals surface area (Å²) in [5, 5.41) is 19.2. The molecule has 1 rings (SSSR count). The minimum Gasteiger partial charge on any atom is -0.490 e. The molecule has 0 aromatic carbocycles. The van der Waals surface area contributed by atoms with Crippen molar-refractivity contribution in [1.29, 1.82) is 5.26 Å². The van der Waals surface area contributed by atoms with Crippen LogP contribution < -0.4 is 4.74 Å². The molecule has 0 saturated heterocycles. The molecule has 0 spiro atoms. The summed E-state index contributed by atoms with van der Waals surface area (Å²) in [6.07, 6.45) is -2.51. The van der Waals surface area contributed by atoms with Crippen LogP contribution in [0.2, 0.25) is 0 Å². The maximum Gasteiger partial charge on any atom is 0.333 e. The molecule has 0 fully saturated rings. The second-order valence-corrected chi connectivity index (χ2v) is 2.93. The molecule has 0 aliphatic rings. The third-order valence-electron chi connectivity index (χ3n) is 1.98. The molecule has 6 nitrogen and oxygen atoms in total. The number of nitriles is 1. The number of nitro groups is 1. The molecule has 0 N–H and O–H groups in total. The van der Waals surface area contributed by atoms with Gasteiger partial charge >= 0.3 is 5.69 Å². The summed E-state index contributed by atoms with van der Waals surface area (Å²) < 4.78 is 29.8. The molecule has 8 heteroatoms. The summed E-state index contributed by atoms with van der Waals surface area (Å²) in [7, 11) is 1.05. The number of rotatable bonds is 4. The molecule has 90 valence electrons. The van der Waals surface area contributed by atoms with Gasteiger partial charge in [-0.25, -0.2) is 8.78 Å². The topological polar surface area (TPSA) is 89.0 Å². The molecule has 0 saturated carbocycles. The minimum atomic E-state index is -2.94. The molecule has 0 atom stereocenters. The van der Waals surface area contributed by atoms with E-state index in [-0.39, 0.29) is 12.1 Å². The largest absolute Gasteiger partial charge is 0.490 e. The van der Waals surface area contributed by atoms with Gasteiger partial charge in [-0.05, 0) is 0 Å². The van der Waals surface area contributed by atoms with Crippen molar-refractivity contribution in [3.63, 3.8) is 0 Å². The molecule has 0 bridgehead atoms. The first kappa shape index (κ1) is 12.8. The molecule has 0 aliphatic heterocycles. The number of aromatic nitrogens is 1. The summed E-state index contributed by atoms with van der Waals surface area (Å²) in [6, 6.07) is 1.67. The highest BCUT2D eigenvalue weighted by molar-refractivity contribution is 5.55. The van der Waals surface area contributed by atoms with Crippen molar-refractivity contribution in [3.8, 4) is 11.8 Å². The Kier molecular flexibility index (Phi) is 3.87. The fourth-order valence-corrected chi connectivity index (χ4v) is 1.30. The van der Waals surface area contributed by atoms with E-state index in [9.17, 15) is 18.9 Å². The van der Waals surface area contributed by atoms with Crippen molar-refractivity contribution in [2.24, 2.45) is 0 Å². The third kappa shape index (κ3) is 2.44. The van der Waals surface area contributed by atoms with Crippen LogP contribution in [0.3, 0.4) is 0 Å². The Hall–Kier alpha value is -2.30. The average molecular weight is 243 g/mol. The molecule has 1 aromatic heterocycles. The quantitative estimate of drug-likeness (QED) is 0.596. The predicted molar refractivity (Wildman–Crippen MR) is 51.7 cm³/mol. The lowest BCUT2D eigenvalue weighted by atomic mass is 10.1. The van der Waals surface area contributed by atoms with Gasteiger partial charge in [0.2, 0.25) is 5.75 Å². The van der Waals surface area contributed by atoms with Crippen LogP contribution in [0.15, 0.2) is 6.20 Å². The van der Waals surface area contributed by atoms with Crippen molar-refractivity contribution in [2.45, 2.75) is 12.8 Å². The molecule has 17 heavy (non-hydrogen) atoms. The van der Waals surface area contributed by atoms with E-state index in [1.807, 2.05) is 0 Å². The summed E-state index contributed by atoms with van der Waals surface area (Å²) in [6.45, 7) is 0. The lowest BCUT2D eigenvalue weighted by molar-refractivity contribution is -0.386. The fraction of sp³-hybridized carbons (Fsp3) is 0.333. The number of nitrogens with zero attached hydrogens (tertiary/aromatic N) is 3. The summed E-state index contributed by atoms with van der Waals surface area (Å²) in [5.74, 6) is -0.551. The zero-order chi connectivity index (χ0) is 13.0. The Balaban J connectivity index is 3.50. The first-order valence-corrected chi connectivity index (χ1v) is 4.38. The highest BCUT2D eigenvalue weighted by Gasteiger charge is 2.28. The van der Waals surface area contributed by atoms with Gasteiger partial charge in [-0.3, -0.25) is 15.1 Å². The Bertz CT molecular complexity index is 485. The predicted octanol–water partition coefficient (Wildman–Crippen LogP) is 2.00. The molecular weight excluding hydrogens is 236 g/mol. The van der Waals surface area contributed by atoms with E-state index in [4.69, 9.17) is 5.26 Å². The van der Waals surface area contributed by atoms with Crippen LogP contribution in [-0.2, 0) is 6.42 Å². The van der Waals surface area contributed by atoms with Crippen LogP contribution in [-0.4, -0.2) is 17.0 Å². The Morgan fingerprint density at radius 3 is 2.76 bits per heavy atom. The number of hydrogen-bond acceptors (Lipinski definition) is 5. The summed E-state index contributed by atoms with van der Waals surface area (Å²) >= 11 is 0. The van der Waals surface area contributed by atoms with Crippen molar-refractivity contribution in [3.05, 3.63) is 27.6 Å². The van der Waals surface area contributed by atoms with Gasteiger partial charge in [0.25, 0.3) is 6.43 Å². The van der Waals surface area contributed by atoms with E-state index in [0.29, 0.717) is 0 Å². The van der Waals surface area contributed by atoms with Gasteiger partial charge in [0, 0.05) is 6.20 Å². The molecule has 0 amide bonds. The van der Waals surface area contributed by atoms with Gasteiger partial charge in [-0.1, -0.05) is 0 Å². The van der Waals surface area contributed by atoms with Crippen LogP contribution in [0, 0.1) is 21.4 Å². The van der Waals surface area contributed by atoms with Gasteiger partial charge in [0.15, 0.2) is 0 Å². The molecular formula is C9H7F2N3O3. The van der Waals surface area contributed by atoms with Crippen molar-refractivity contribution in [1.82, 2.24) is 4.98 Å². The number of methoxy groups -OCH3 is 1. The zero-order valence-electron chi connectivity index (χ0n) is 8.68. The monoisotopic (exact) mass is 243 g/mol. The van der Waals surface area contributed by atoms with Crippen LogP contribution in [0.5, 0.6) is 5.75 Å². The van der Waals surface area contributed by atoms with Gasteiger partial charge in [-0.2, -0.15) is 5.26 Å². The van der Waals surface area contributed by atoms with E-state index in [0.717, 1.165) is 13.3 Å². The highest BCUT2D eigenvalue weighted by Crippen LogP contribution is 2.37. The first-order chi connectivity index (χ1) is 8.02. The Morgan fingerprint density at radius 1 is 1.71 bits per heavy atom.